The van der Waals surface area contributed by atoms with Crippen molar-refractivity contribution in [3.8, 4) is 0 Å². The molecule has 0 fully saturated rings. The minimum Gasteiger partial charge on any atom is -0.351 e. The van der Waals surface area contributed by atoms with E-state index < -0.39 is 0 Å². The first-order valence-electron chi connectivity index (χ1n) is 4.43. The van der Waals surface area contributed by atoms with Gasteiger partial charge < -0.3 is 9.84 Å². The summed E-state index contributed by atoms with van der Waals surface area (Å²) in [4.78, 5) is 11.5. The van der Waals surface area contributed by atoms with E-state index >= 15 is 0 Å². The van der Waals surface area contributed by atoms with Gasteiger partial charge in [-0.2, -0.15) is 0 Å². The van der Waals surface area contributed by atoms with Crippen LogP contribution in [0.25, 0.3) is 0 Å². The molecule has 0 saturated heterocycles. The molecule has 14 heavy (non-hydrogen) atoms. The van der Waals surface area contributed by atoms with Crippen molar-refractivity contribution in [1.29, 1.82) is 0 Å². The van der Waals surface area contributed by atoms with Crippen LogP contribution < -0.4 is 5.32 Å². The van der Waals surface area contributed by atoms with E-state index in [0.29, 0.717) is 11.6 Å². The monoisotopic (exact) mass is 216 g/mol. The van der Waals surface area contributed by atoms with Crippen LogP contribution in [0, 0.1) is 6.92 Å². The minimum absolute atomic E-state index is 0.0467. The van der Waals surface area contributed by atoms with Crippen LogP contribution in [-0.2, 0) is 0 Å². The fourth-order valence-corrected chi connectivity index (χ4v) is 1.33. The molecule has 78 valence electrons. The predicted octanol–water partition coefficient (Wildman–Crippen LogP) is 1.73. The summed E-state index contributed by atoms with van der Waals surface area (Å²) in [5, 5.41) is 6.38. The van der Waals surface area contributed by atoms with E-state index in [1.807, 2.05) is 6.92 Å². The molecule has 1 amide bonds. The summed E-state index contributed by atoms with van der Waals surface area (Å²) in [6, 6.07) is 1.65. The molecule has 4 nitrogen and oxygen atoms in total. The van der Waals surface area contributed by atoms with Crippen molar-refractivity contribution < 1.29 is 9.32 Å². The molecule has 1 aromatic heterocycles. The zero-order chi connectivity index (χ0) is 10.6. The lowest BCUT2D eigenvalue weighted by molar-refractivity contribution is 0.0902. The van der Waals surface area contributed by atoms with E-state index in [2.05, 4.69) is 10.5 Å². The SMILES string of the molecule is Cc1cc(C(=O)NC(C)CCCl)on1. The van der Waals surface area contributed by atoms with Gasteiger partial charge in [0.2, 0.25) is 5.76 Å². The van der Waals surface area contributed by atoms with Crippen molar-refractivity contribution in [3.05, 3.63) is 17.5 Å². The highest BCUT2D eigenvalue weighted by molar-refractivity contribution is 6.17. The van der Waals surface area contributed by atoms with Crippen molar-refractivity contribution in [2.75, 3.05) is 5.88 Å². The molecule has 0 saturated carbocycles. The van der Waals surface area contributed by atoms with Crippen LogP contribution in [0.3, 0.4) is 0 Å². The summed E-state index contributed by atoms with van der Waals surface area (Å²) in [7, 11) is 0. The van der Waals surface area contributed by atoms with Crippen molar-refractivity contribution in [1.82, 2.24) is 10.5 Å². The van der Waals surface area contributed by atoms with E-state index in [1.165, 1.54) is 0 Å². The predicted molar refractivity (Wildman–Crippen MR) is 53.5 cm³/mol. The van der Waals surface area contributed by atoms with Gasteiger partial charge in [-0.1, -0.05) is 5.16 Å². The molecular weight excluding hydrogens is 204 g/mol. The van der Waals surface area contributed by atoms with E-state index in [4.69, 9.17) is 16.1 Å². The molecule has 0 bridgehead atoms. The highest BCUT2D eigenvalue weighted by Crippen LogP contribution is 2.03. The fourth-order valence-electron chi connectivity index (χ4n) is 1.00. The Labute approximate surface area is 87.6 Å². The van der Waals surface area contributed by atoms with Crippen molar-refractivity contribution in [3.63, 3.8) is 0 Å². The number of aromatic nitrogens is 1. The van der Waals surface area contributed by atoms with Gasteiger partial charge in [0.15, 0.2) is 0 Å². The number of carbonyl (C=O) groups excluding carboxylic acids is 1. The third-order valence-electron chi connectivity index (χ3n) is 1.77. The summed E-state index contributed by atoms with van der Waals surface area (Å²) in [5.41, 5.74) is 0.695. The molecule has 0 aromatic carbocycles. The molecule has 0 radical (unpaired) electrons. The number of aryl methyl sites for hydroxylation is 1. The van der Waals surface area contributed by atoms with E-state index in [9.17, 15) is 4.79 Å². The first-order valence-corrected chi connectivity index (χ1v) is 4.97. The van der Waals surface area contributed by atoms with Crippen LogP contribution in [0.4, 0.5) is 0 Å². The molecule has 1 N–H and O–H groups in total. The van der Waals surface area contributed by atoms with Crippen LogP contribution >= 0.6 is 11.6 Å². The van der Waals surface area contributed by atoms with Crippen LogP contribution in [0.1, 0.15) is 29.6 Å². The second-order valence-electron chi connectivity index (χ2n) is 3.18. The van der Waals surface area contributed by atoms with Gasteiger partial charge in [-0.05, 0) is 20.3 Å². The quantitative estimate of drug-likeness (QED) is 0.780. The molecule has 0 aliphatic carbocycles. The molecule has 0 spiro atoms. The lowest BCUT2D eigenvalue weighted by Crippen LogP contribution is -2.32. The largest absolute Gasteiger partial charge is 0.351 e. The van der Waals surface area contributed by atoms with Gasteiger partial charge in [0, 0.05) is 18.0 Å². The Balaban J connectivity index is 2.50. The number of hydrogen-bond acceptors (Lipinski definition) is 3. The highest BCUT2D eigenvalue weighted by Gasteiger charge is 2.13. The number of hydrogen-bond donors (Lipinski definition) is 1. The van der Waals surface area contributed by atoms with Crippen LogP contribution in [0.2, 0.25) is 0 Å². The highest BCUT2D eigenvalue weighted by atomic mass is 35.5. The van der Waals surface area contributed by atoms with Crippen molar-refractivity contribution in [2.24, 2.45) is 0 Å². The zero-order valence-electron chi connectivity index (χ0n) is 8.21. The van der Waals surface area contributed by atoms with Crippen molar-refractivity contribution in [2.45, 2.75) is 26.3 Å². The Hall–Kier alpha value is -1.03. The lowest BCUT2D eigenvalue weighted by Gasteiger charge is -2.09. The molecule has 1 atom stereocenters. The molecule has 1 heterocycles. The van der Waals surface area contributed by atoms with Gasteiger partial charge in [0.25, 0.3) is 5.91 Å². The van der Waals surface area contributed by atoms with Gasteiger partial charge in [-0.25, -0.2) is 0 Å². The van der Waals surface area contributed by atoms with E-state index in [-0.39, 0.29) is 17.7 Å². The van der Waals surface area contributed by atoms with Gasteiger partial charge in [-0.3, -0.25) is 4.79 Å². The second-order valence-corrected chi connectivity index (χ2v) is 3.56. The number of nitrogens with one attached hydrogen (secondary N) is 1. The summed E-state index contributed by atoms with van der Waals surface area (Å²) in [5.74, 6) is 0.517. The minimum atomic E-state index is -0.247. The Bertz CT molecular complexity index is 312. The van der Waals surface area contributed by atoms with Crippen LogP contribution in [0.15, 0.2) is 10.6 Å². The normalized spacial score (nSPS) is 12.5. The summed E-state index contributed by atoms with van der Waals surface area (Å²) < 4.78 is 4.81. The number of amides is 1. The van der Waals surface area contributed by atoms with Gasteiger partial charge in [-0.15, -0.1) is 11.6 Å². The number of carbonyl (C=O) groups is 1. The maximum atomic E-state index is 11.5. The molecular formula is C9H13ClN2O2. The molecule has 0 aliphatic heterocycles. The third-order valence-corrected chi connectivity index (χ3v) is 1.99. The maximum Gasteiger partial charge on any atom is 0.290 e. The lowest BCUT2D eigenvalue weighted by atomic mass is 10.2. The standard InChI is InChI=1S/C9H13ClN2O2/c1-6(3-4-10)11-9(13)8-5-7(2)12-14-8/h5-6H,3-4H2,1-2H3,(H,11,13). The average molecular weight is 217 g/mol. The average Bonchev–Trinajstić information content (AvgIpc) is 2.52. The molecule has 1 rings (SSSR count). The van der Waals surface area contributed by atoms with E-state index in [0.717, 1.165) is 6.42 Å². The first-order chi connectivity index (χ1) is 6.63. The topological polar surface area (TPSA) is 55.1 Å². The Kier molecular flexibility index (Phi) is 3.95. The van der Waals surface area contributed by atoms with Gasteiger partial charge >= 0.3 is 0 Å². The number of rotatable bonds is 4. The van der Waals surface area contributed by atoms with Crippen LogP contribution in [0.5, 0.6) is 0 Å². The molecule has 1 aromatic rings. The fraction of sp³-hybridized carbons (Fsp3) is 0.556. The first kappa shape index (κ1) is 11.0. The van der Waals surface area contributed by atoms with Gasteiger partial charge in [0.05, 0.1) is 5.69 Å². The van der Waals surface area contributed by atoms with E-state index in [1.54, 1.807) is 13.0 Å². The Morgan fingerprint density at radius 3 is 3.00 bits per heavy atom. The number of alkyl halides is 1. The number of nitrogens with zero attached hydrogens (tertiary/aromatic N) is 1. The van der Waals surface area contributed by atoms with Gasteiger partial charge in [0.1, 0.15) is 0 Å². The summed E-state index contributed by atoms with van der Waals surface area (Å²) >= 11 is 5.54. The summed E-state index contributed by atoms with van der Waals surface area (Å²) in [6.07, 6.45) is 0.737. The van der Waals surface area contributed by atoms with Crippen molar-refractivity contribution >= 4 is 17.5 Å². The third kappa shape index (κ3) is 3.03. The van der Waals surface area contributed by atoms with Crippen LogP contribution in [-0.4, -0.2) is 23.0 Å². The number of halogens is 1. The maximum absolute atomic E-state index is 11.5. The Morgan fingerprint density at radius 2 is 2.50 bits per heavy atom. The smallest absolute Gasteiger partial charge is 0.290 e. The second kappa shape index (κ2) is 5.00. The molecule has 1 unspecified atom stereocenters. The molecule has 0 aliphatic rings. The summed E-state index contributed by atoms with van der Waals surface area (Å²) in [6.45, 7) is 3.66. The zero-order valence-corrected chi connectivity index (χ0v) is 8.97. The Morgan fingerprint density at radius 1 is 1.79 bits per heavy atom. The molecule has 5 heteroatoms.